The number of likely N-dealkylation sites (tertiary alicyclic amines) is 1. The Morgan fingerprint density at radius 3 is 2.39 bits per heavy atom. The molecule has 0 saturated carbocycles. The van der Waals surface area contributed by atoms with Gasteiger partial charge in [-0.2, -0.15) is 0 Å². The lowest BCUT2D eigenvalue weighted by atomic mass is 9.89. The second-order valence-electron chi connectivity index (χ2n) is 5.56. The Kier molecular flexibility index (Phi) is 4.56. The molecular formula is C12H24N4O2. The van der Waals surface area contributed by atoms with E-state index in [1.807, 2.05) is 0 Å². The van der Waals surface area contributed by atoms with E-state index in [4.69, 9.17) is 10.9 Å². The maximum Gasteiger partial charge on any atom is 0.235 e. The van der Waals surface area contributed by atoms with E-state index in [-0.39, 0.29) is 17.8 Å². The average Bonchev–Trinajstić information content (AvgIpc) is 2.36. The molecule has 1 saturated heterocycles. The highest BCUT2D eigenvalue weighted by Crippen LogP contribution is 2.23. The predicted molar refractivity (Wildman–Crippen MR) is 70.5 cm³/mol. The summed E-state index contributed by atoms with van der Waals surface area (Å²) >= 11 is 0. The molecule has 6 heteroatoms. The number of amides is 1. The highest BCUT2D eigenvalue weighted by molar-refractivity contribution is 6.05. The summed E-state index contributed by atoms with van der Waals surface area (Å²) in [5, 5.41) is 11.7. The van der Waals surface area contributed by atoms with Crippen LogP contribution in [0.1, 0.15) is 26.7 Å². The zero-order valence-electron chi connectivity index (χ0n) is 11.7. The first-order valence-electron chi connectivity index (χ1n) is 6.24. The number of hydrogen-bond acceptors (Lipinski definition) is 4. The van der Waals surface area contributed by atoms with Crippen LogP contribution in [0.25, 0.3) is 0 Å². The van der Waals surface area contributed by atoms with Crippen molar-refractivity contribution in [3.05, 3.63) is 0 Å². The summed E-state index contributed by atoms with van der Waals surface area (Å²) in [5.41, 5.74) is 4.62. The smallest absolute Gasteiger partial charge is 0.235 e. The van der Waals surface area contributed by atoms with Crippen LogP contribution in [0.2, 0.25) is 0 Å². The van der Waals surface area contributed by atoms with Crippen molar-refractivity contribution >= 4 is 11.7 Å². The van der Waals surface area contributed by atoms with E-state index in [1.54, 1.807) is 25.8 Å². The fourth-order valence-electron chi connectivity index (χ4n) is 2.22. The molecule has 6 nitrogen and oxygen atoms in total. The molecule has 0 unspecified atom stereocenters. The van der Waals surface area contributed by atoms with Crippen molar-refractivity contribution in [2.45, 2.75) is 32.7 Å². The fourth-order valence-corrected chi connectivity index (χ4v) is 2.22. The molecule has 0 radical (unpaired) electrons. The molecule has 1 amide bonds. The van der Waals surface area contributed by atoms with Crippen molar-refractivity contribution in [3.63, 3.8) is 0 Å². The number of piperidine rings is 1. The Bertz CT molecular complexity index is 333. The van der Waals surface area contributed by atoms with Gasteiger partial charge in [-0.25, -0.2) is 0 Å². The van der Waals surface area contributed by atoms with Crippen LogP contribution < -0.4 is 5.73 Å². The Balaban J connectivity index is 2.72. The molecule has 104 valence electrons. The van der Waals surface area contributed by atoms with Gasteiger partial charge in [-0.3, -0.25) is 4.79 Å². The largest absolute Gasteiger partial charge is 0.409 e. The van der Waals surface area contributed by atoms with Crippen molar-refractivity contribution in [2.24, 2.45) is 16.3 Å². The molecule has 0 atom stereocenters. The molecule has 0 aliphatic carbocycles. The molecule has 1 rings (SSSR count). The summed E-state index contributed by atoms with van der Waals surface area (Å²) in [7, 11) is 3.88. The van der Waals surface area contributed by atoms with Gasteiger partial charge in [0.15, 0.2) is 5.84 Å². The van der Waals surface area contributed by atoms with Crippen molar-refractivity contribution in [1.29, 1.82) is 0 Å². The number of nitrogens with zero attached hydrogens (tertiary/aromatic N) is 3. The van der Waals surface area contributed by atoms with Gasteiger partial charge in [-0.1, -0.05) is 5.16 Å². The summed E-state index contributed by atoms with van der Waals surface area (Å²) in [6.45, 7) is 5.34. The van der Waals surface area contributed by atoms with E-state index in [0.717, 1.165) is 25.9 Å². The number of hydrogen-bond donors (Lipinski definition) is 2. The average molecular weight is 256 g/mol. The molecule has 1 aliphatic rings. The summed E-state index contributed by atoms with van der Waals surface area (Å²) in [6, 6.07) is 0.236. The summed E-state index contributed by atoms with van der Waals surface area (Å²) in [4.78, 5) is 16.4. The maximum atomic E-state index is 12.4. The lowest BCUT2D eigenvalue weighted by Crippen LogP contribution is -2.52. The molecule has 1 heterocycles. The second kappa shape index (κ2) is 5.56. The zero-order chi connectivity index (χ0) is 13.9. The first-order chi connectivity index (χ1) is 8.30. The zero-order valence-corrected chi connectivity index (χ0v) is 11.7. The summed E-state index contributed by atoms with van der Waals surface area (Å²) in [5.74, 6) is -0.153. The number of oxime groups is 1. The van der Waals surface area contributed by atoms with Gasteiger partial charge >= 0.3 is 0 Å². The van der Waals surface area contributed by atoms with E-state index in [0.29, 0.717) is 0 Å². The number of rotatable bonds is 3. The van der Waals surface area contributed by atoms with Gasteiger partial charge in [-0.15, -0.1) is 0 Å². The molecule has 0 spiro atoms. The van der Waals surface area contributed by atoms with Gasteiger partial charge in [0.05, 0.1) is 0 Å². The van der Waals surface area contributed by atoms with E-state index in [2.05, 4.69) is 17.1 Å². The SMILES string of the molecule is CN1CCC(N(C)C(=O)C(C)(C)C(N)=NO)CC1. The number of nitrogens with two attached hydrogens (primary N) is 1. The Morgan fingerprint density at radius 1 is 1.44 bits per heavy atom. The fraction of sp³-hybridized carbons (Fsp3) is 0.833. The molecular weight excluding hydrogens is 232 g/mol. The minimum Gasteiger partial charge on any atom is -0.409 e. The first-order valence-corrected chi connectivity index (χ1v) is 6.24. The topological polar surface area (TPSA) is 82.2 Å². The standard InChI is InChI=1S/C12H24N4O2/c1-12(2,10(13)14-18)11(17)16(4)9-5-7-15(3)8-6-9/h9,18H,5-8H2,1-4H3,(H2,13,14). The van der Waals surface area contributed by atoms with Crippen LogP contribution in [0.5, 0.6) is 0 Å². The Labute approximate surface area is 108 Å². The highest BCUT2D eigenvalue weighted by Gasteiger charge is 2.37. The minimum absolute atomic E-state index is 0.0488. The molecule has 1 fully saturated rings. The normalized spacial score (nSPS) is 19.9. The monoisotopic (exact) mass is 256 g/mol. The quantitative estimate of drug-likeness (QED) is 0.329. The summed E-state index contributed by atoms with van der Waals surface area (Å²) < 4.78 is 0. The lowest BCUT2D eigenvalue weighted by Gasteiger charge is -2.38. The molecule has 1 aliphatic heterocycles. The number of amidine groups is 1. The van der Waals surface area contributed by atoms with Gasteiger partial charge in [-0.05, 0) is 46.8 Å². The first kappa shape index (κ1) is 14.8. The van der Waals surface area contributed by atoms with Crippen LogP contribution in [-0.4, -0.2) is 60.0 Å². The van der Waals surface area contributed by atoms with Crippen LogP contribution in [0, 0.1) is 5.41 Å². The van der Waals surface area contributed by atoms with Crippen molar-refractivity contribution in [1.82, 2.24) is 9.80 Å². The van der Waals surface area contributed by atoms with E-state index < -0.39 is 5.41 Å². The summed E-state index contributed by atoms with van der Waals surface area (Å²) in [6.07, 6.45) is 1.93. The molecule has 3 N–H and O–H groups in total. The minimum atomic E-state index is -0.965. The van der Waals surface area contributed by atoms with Gasteiger partial charge in [0.1, 0.15) is 5.41 Å². The van der Waals surface area contributed by atoms with Gasteiger partial charge in [0, 0.05) is 13.1 Å². The van der Waals surface area contributed by atoms with Gasteiger partial charge < -0.3 is 20.7 Å². The van der Waals surface area contributed by atoms with E-state index in [9.17, 15) is 4.79 Å². The Hall–Kier alpha value is -1.30. The van der Waals surface area contributed by atoms with Gasteiger partial charge in [0.2, 0.25) is 5.91 Å². The van der Waals surface area contributed by atoms with Crippen molar-refractivity contribution < 1.29 is 10.0 Å². The number of carbonyl (C=O) groups is 1. The molecule has 0 bridgehead atoms. The van der Waals surface area contributed by atoms with Crippen LogP contribution in [0.3, 0.4) is 0 Å². The molecule has 0 aromatic rings. The van der Waals surface area contributed by atoms with E-state index in [1.165, 1.54) is 0 Å². The Morgan fingerprint density at radius 2 is 1.94 bits per heavy atom. The molecule has 0 aromatic carbocycles. The van der Waals surface area contributed by atoms with Gasteiger partial charge in [0.25, 0.3) is 0 Å². The third-order valence-electron chi connectivity index (χ3n) is 3.84. The van der Waals surface area contributed by atoms with Crippen LogP contribution in [0.4, 0.5) is 0 Å². The van der Waals surface area contributed by atoms with Crippen LogP contribution in [-0.2, 0) is 4.79 Å². The van der Waals surface area contributed by atoms with Crippen LogP contribution >= 0.6 is 0 Å². The maximum absolute atomic E-state index is 12.4. The lowest BCUT2D eigenvalue weighted by molar-refractivity contribution is -0.138. The third kappa shape index (κ3) is 2.93. The number of carbonyl (C=O) groups excluding carboxylic acids is 1. The van der Waals surface area contributed by atoms with E-state index >= 15 is 0 Å². The molecule has 18 heavy (non-hydrogen) atoms. The van der Waals surface area contributed by atoms with Crippen molar-refractivity contribution in [3.8, 4) is 0 Å². The second-order valence-corrected chi connectivity index (χ2v) is 5.56. The third-order valence-corrected chi connectivity index (χ3v) is 3.84. The van der Waals surface area contributed by atoms with Crippen molar-refractivity contribution in [2.75, 3.05) is 27.2 Å². The predicted octanol–water partition coefficient (Wildman–Crippen LogP) is 0.312. The highest BCUT2D eigenvalue weighted by atomic mass is 16.4. The molecule has 0 aromatic heterocycles. The van der Waals surface area contributed by atoms with Crippen LogP contribution in [0.15, 0.2) is 5.16 Å².